The smallest absolute Gasteiger partial charge is 0.303 e. The molecule has 0 saturated heterocycles. The van der Waals surface area contributed by atoms with E-state index < -0.39 is 5.97 Å². The van der Waals surface area contributed by atoms with Crippen LogP contribution in [0.5, 0.6) is 11.5 Å². The first kappa shape index (κ1) is 17.5. The summed E-state index contributed by atoms with van der Waals surface area (Å²) in [5.74, 6) is 0.272. The molecule has 2 aromatic carbocycles. The van der Waals surface area contributed by atoms with Gasteiger partial charge in [-0.15, -0.1) is 0 Å². The highest BCUT2D eigenvalue weighted by molar-refractivity contribution is 5.80. The van der Waals surface area contributed by atoms with Gasteiger partial charge in [-0.2, -0.15) is 0 Å². The average Bonchev–Trinajstić information content (AvgIpc) is 2.51. The number of carboxylic acid groups (broad SMARTS) is 1. The van der Waals surface area contributed by atoms with Crippen molar-refractivity contribution in [3.05, 3.63) is 59.2 Å². The number of carboxylic acids is 1. The van der Waals surface area contributed by atoms with Crippen LogP contribution >= 0.6 is 0 Å². The third kappa shape index (κ3) is 5.76. The molecular weight excluding hydrogens is 306 g/mol. The van der Waals surface area contributed by atoms with Crippen molar-refractivity contribution in [3.63, 3.8) is 0 Å². The second-order valence-corrected chi connectivity index (χ2v) is 5.74. The molecule has 0 aliphatic heterocycles. The topological polar surface area (TPSA) is 75.6 Å². The van der Waals surface area contributed by atoms with Gasteiger partial charge in [0.25, 0.3) is 0 Å². The Bertz CT molecular complexity index is 702. The van der Waals surface area contributed by atoms with Gasteiger partial charge in [-0.05, 0) is 54.8 Å². The van der Waals surface area contributed by atoms with Crippen molar-refractivity contribution in [2.75, 3.05) is 0 Å². The van der Waals surface area contributed by atoms with Crippen LogP contribution in [0.25, 0.3) is 0 Å². The number of aryl methyl sites for hydroxylation is 2. The van der Waals surface area contributed by atoms with Crippen molar-refractivity contribution >= 4 is 11.9 Å². The van der Waals surface area contributed by atoms with Crippen molar-refractivity contribution in [1.82, 2.24) is 5.32 Å². The van der Waals surface area contributed by atoms with E-state index in [2.05, 4.69) is 11.4 Å². The molecule has 24 heavy (non-hydrogen) atoms. The van der Waals surface area contributed by atoms with Crippen molar-refractivity contribution in [3.8, 4) is 11.5 Å². The van der Waals surface area contributed by atoms with Crippen LogP contribution in [-0.2, 0) is 16.1 Å². The minimum absolute atomic E-state index is 0.0107. The fraction of sp³-hybridized carbons (Fsp3) is 0.263. The molecule has 0 aliphatic rings. The molecule has 0 aliphatic carbocycles. The van der Waals surface area contributed by atoms with E-state index in [0.29, 0.717) is 6.54 Å². The predicted octanol–water partition coefficient (Wildman–Crippen LogP) is 3.58. The van der Waals surface area contributed by atoms with Gasteiger partial charge in [-0.25, -0.2) is 0 Å². The molecule has 2 aromatic rings. The number of hydrogen-bond donors (Lipinski definition) is 2. The summed E-state index contributed by atoms with van der Waals surface area (Å²) in [5, 5.41) is 11.2. The summed E-state index contributed by atoms with van der Waals surface area (Å²) in [6.45, 7) is 4.41. The Hall–Kier alpha value is -2.82. The van der Waals surface area contributed by atoms with Crippen LogP contribution in [0.3, 0.4) is 0 Å². The van der Waals surface area contributed by atoms with Gasteiger partial charge in [0, 0.05) is 13.0 Å². The molecule has 0 atom stereocenters. The largest absolute Gasteiger partial charge is 0.481 e. The lowest BCUT2D eigenvalue weighted by Gasteiger charge is -2.09. The number of hydrogen-bond acceptors (Lipinski definition) is 3. The first-order valence-corrected chi connectivity index (χ1v) is 7.76. The minimum atomic E-state index is -0.974. The summed E-state index contributed by atoms with van der Waals surface area (Å²) >= 11 is 0. The molecule has 5 heteroatoms. The summed E-state index contributed by atoms with van der Waals surface area (Å²) in [7, 11) is 0. The molecule has 0 spiro atoms. The van der Waals surface area contributed by atoms with Gasteiger partial charge in [0.2, 0.25) is 5.91 Å². The van der Waals surface area contributed by atoms with Crippen LogP contribution in [0.2, 0.25) is 0 Å². The summed E-state index contributed by atoms with van der Waals surface area (Å²) < 4.78 is 5.83. The van der Waals surface area contributed by atoms with E-state index in [1.165, 1.54) is 0 Å². The molecule has 2 N–H and O–H groups in total. The quantitative estimate of drug-likeness (QED) is 0.815. The SMILES string of the molecule is Cc1cc(C)cc(Oc2ccc(CNC(=O)CCC(=O)O)cc2)c1. The lowest BCUT2D eigenvalue weighted by Crippen LogP contribution is -2.23. The summed E-state index contributed by atoms with van der Waals surface area (Å²) in [5.41, 5.74) is 3.21. The van der Waals surface area contributed by atoms with E-state index in [9.17, 15) is 9.59 Å². The third-order valence-electron chi connectivity index (χ3n) is 3.41. The fourth-order valence-electron chi connectivity index (χ4n) is 2.31. The highest BCUT2D eigenvalue weighted by atomic mass is 16.5. The highest BCUT2D eigenvalue weighted by Crippen LogP contribution is 2.24. The van der Waals surface area contributed by atoms with Crippen LogP contribution in [0, 0.1) is 13.8 Å². The molecule has 0 saturated carbocycles. The average molecular weight is 327 g/mol. The Morgan fingerprint density at radius 2 is 1.58 bits per heavy atom. The second kappa shape index (κ2) is 8.15. The Morgan fingerprint density at radius 3 is 2.17 bits per heavy atom. The van der Waals surface area contributed by atoms with E-state index in [1.807, 2.05) is 50.2 Å². The molecule has 1 amide bonds. The standard InChI is InChI=1S/C19H21NO4/c1-13-9-14(2)11-17(10-13)24-16-5-3-15(4-6-16)12-20-18(21)7-8-19(22)23/h3-6,9-11H,7-8,12H2,1-2H3,(H,20,21)(H,22,23). The first-order valence-electron chi connectivity index (χ1n) is 7.76. The minimum Gasteiger partial charge on any atom is -0.481 e. The highest BCUT2D eigenvalue weighted by Gasteiger charge is 2.05. The molecular formula is C19H21NO4. The van der Waals surface area contributed by atoms with Crippen molar-refractivity contribution in [1.29, 1.82) is 0 Å². The zero-order chi connectivity index (χ0) is 17.5. The van der Waals surface area contributed by atoms with E-state index in [-0.39, 0.29) is 18.7 Å². The predicted molar refractivity (Wildman–Crippen MR) is 91.1 cm³/mol. The fourth-order valence-corrected chi connectivity index (χ4v) is 2.31. The number of nitrogens with one attached hydrogen (secondary N) is 1. The number of benzene rings is 2. The van der Waals surface area contributed by atoms with Gasteiger partial charge in [0.15, 0.2) is 0 Å². The summed E-state index contributed by atoms with van der Waals surface area (Å²) in [6, 6.07) is 13.5. The van der Waals surface area contributed by atoms with Crippen molar-refractivity contribution in [2.24, 2.45) is 0 Å². The third-order valence-corrected chi connectivity index (χ3v) is 3.41. The normalized spacial score (nSPS) is 10.2. The maximum absolute atomic E-state index is 11.5. The van der Waals surface area contributed by atoms with Gasteiger partial charge < -0.3 is 15.2 Å². The van der Waals surface area contributed by atoms with Crippen LogP contribution in [0.4, 0.5) is 0 Å². The number of ether oxygens (including phenoxy) is 1. The monoisotopic (exact) mass is 327 g/mol. The molecule has 0 fully saturated rings. The Balaban J connectivity index is 1.88. The maximum Gasteiger partial charge on any atom is 0.303 e. The molecule has 0 unspecified atom stereocenters. The van der Waals surface area contributed by atoms with Crippen LogP contribution < -0.4 is 10.1 Å². The first-order chi connectivity index (χ1) is 11.4. The number of amides is 1. The van der Waals surface area contributed by atoms with Crippen molar-refractivity contribution in [2.45, 2.75) is 33.2 Å². The van der Waals surface area contributed by atoms with E-state index >= 15 is 0 Å². The molecule has 0 aromatic heterocycles. The van der Waals surface area contributed by atoms with Gasteiger partial charge >= 0.3 is 5.97 Å². The zero-order valence-corrected chi connectivity index (χ0v) is 13.8. The number of carbonyl (C=O) groups is 2. The Labute approximate surface area is 141 Å². The number of rotatable bonds is 7. The zero-order valence-electron chi connectivity index (χ0n) is 13.8. The van der Waals surface area contributed by atoms with Gasteiger partial charge in [-0.3, -0.25) is 9.59 Å². The molecule has 0 heterocycles. The van der Waals surface area contributed by atoms with Crippen LogP contribution in [-0.4, -0.2) is 17.0 Å². The molecule has 126 valence electrons. The van der Waals surface area contributed by atoms with Crippen molar-refractivity contribution < 1.29 is 19.4 Å². The molecule has 5 nitrogen and oxygen atoms in total. The summed E-state index contributed by atoms with van der Waals surface area (Å²) in [6.07, 6.45) is -0.169. The second-order valence-electron chi connectivity index (χ2n) is 5.74. The molecule has 0 radical (unpaired) electrons. The lowest BCUT2D eigenvalue weighted by atomic mass is 10.1. The molecule has 2 rings (SSSR count). The van der Waals surface area contributed by atoms with E-state index in [4.69, 9.17) is 9.84 Å². The number of aliphatic carboxylic acids is 1. The summed E-state index contributed by atoms with van der Waals surface area (Å²) in [4.78, 5) is 21.9. The van der Waals surface area contributed by atoms with Gasteiger partial charge in [0.1, 0.15) is 11.5 Å². The van der Waals surface area contributed by atoms with E-state index in [0.717, 1.165) is 28.2 Å². The van der Waals surface area contributed by atoms with Gasteiger partial charge in [-0.1, -0.05) is 18.2 Å². The lowest BCUT2D eigenvalue weighted by molar-refractivity contribution is -0.138. The van der Waals surface area contributed by atoms with Crippen LogP contribution in [0.15, 0.2) is 42.5 Å². The van der Waals surface area contributed by atoms with Gasteiger partial charge in [0.05, 0.1) is 6.42 Å². The number of carbonyl (C=O) groups excluding carboxylic acids is 1. The van der Waals surface area contributed by atoms with E-state index in [1.54, 1.807) is 0 Å². The Kier molecular flexibility index (Phi) is 5.95. The van der Waals surface area contributed by atoms with Crippen LogP contribution in [0.1, 0.15) is 29.5 Å². The maximum atomic E-state index is 11.5. The molecule has 0 bridgehead atoms. The Morgan fingerprint density at radius 1 is 0.958 bits per heavy atom.